The van der Waals surface area contributed by atoms with Crippen molar-refractivity contribution in [1.29, 1.82) is 0 Å². The molecule has 20 heavy (non-hydrogen) atoms. The highest BCUT2D eigenvalue weighted by molar-refractivity contribution is 7.92. The summed E-state index contributed by atoms with van der Waals surface area (Å²) in [4.78, 5) is -0.0146. The van der Waals surface area contributed by atoms with Crippen LogP contribution in [0.1, 0.15) is 5.76 Å². The number of aromatic nitrogens is 1. The second kappa shape index (κ2) is 4.91. The number of sulfone groups is 1. The number of aryl methyl sites for hydroxylation is 1. The van der Waals surface area contributed by atoms with E-state index >= 15 is 0 Å². The summed E-state index contributed by atoms with van der Waals surface area (Å²) < 4.78 is 53.6. The second-order valence-corrected chi connectivity index (χ2v) is 7.87. The first-order chi connectivity index (χ1) is 9.18. The van der Waals surface area contributed by atoms with Gasteiger partial charge < -0.3 is 4.52 Å². The minimum Gasteiger partial charge on any atom is -0.360 e. The zero-order valence-electron chi connectivity index (χ0n) is 10.7. The first kappa shape index (κ1) is 14.5. The lowest BCUT2D eigenvalue weighted by Gasteiger charge is -2.05. The van der Waals surface area contributed by atoms with E-state index in [0.717, 1.165) is 6.26 Å². The Morgan fingerprint density at radius 3 is 2.05 bits per heavy atom. The van der Waals surface area contributed by atoms with Crippen molar-refractivity contribution in [3.63, 3.8) is 0 Å². The topological polar surface area (TPSA) is 106 Å². The van der Waals surface area contributed by atoms with Crippen molar-refractivity contribution in [2.75, 3.05) is 11.0 Å². The van der Waals surface area contributed by atoms with Gasteiger partial charge in [0.05, 0.1) is 9.79 Å². The van der Waals surface area contributed by atoms with Crippen LogP contribution in [0.25, 0.3) is 0 Å². The Kier molecular flexibility index (Phi) is 3.57. The minimum atomic E-state index is -3.83. The average Bonchev–Trinajstić information content (AvgIpc) is 2.73. The second-order valence-electron chi connectivity index (χ2n) is 4.17. The fourth-order valence-corrected chi connectivity index (χ4v) is 3.09. The zero-order valence-corrected chi connectivity index (χ0v) is 12.3. The third-order valence-corrected chi connectivity index (χ3v) is 4.93. The molecule has 0 aliphatic heterocycles. The van der Waals surface area contributed by atoms with E-state index in [1.165, 1.54) is 30.3 Å². The van der Waals surface area contributed by atoms with Gasteiger partial charge in [0, 0.05) is 12.3 Å². The van der Waals surface area contributed by atoms with Crippen LogP contribution in [0.15, 0.2) is 44.6 Å². The quantitative estimate of drug-likeness (QED) is 0.908. The number of rotatable bonds is 4. The van der Waals surface area contributed by atoms with Crippen molar-refractivity contribution in [1.82, 2.24) is 5.16 Å². The van der Waals surface area contributed by atoms with Crippen LogP contribution in [0.2, 0.25) is 0 Å². The molecule has 0 fully saturated rings. The fourth-order valence-electron chi connectivity index (χ4n) is 1.48. The summed E-state index contributed by atoms with van der Waals surface area (Å²) in [5.74, 6) is 0.532. The van der Waals surface area contributed by atoms with Crippen molar-refractivity contribution < 1.29 is 21.4 Å². The van der Waals surface area contributed by atoms with Crippen LogP contribution in [-0.4, -0.2) is 28.2 Å². The lowest BCUT2D eigenvalue weighted by Crippen LogP contribution is -2.13. The first-order valence-corrected chi connectivity index (χ1v) is 8.82. The molecule has 7 nitrogen and oxygen atoms in total. The highest BCUT2D eigenvalue weighted by Crippen LogP contribution is 2.18. The molecule has 0 unspecified atom stereocenters. The molecule has 9 heteroatoms. The van der Waals surface area contributed by atoms with Gasteiger partial charge in [-0.15, -0.1) is 0 Å². The van der Waals surface area contributed by atoms with Gasteiger partial charge in [0.15, 0.2) is 15.7 Å². The van der Waals surface area contributed by atoms with Gasteiger partial charge in [-0.1, -0.05) is 5.16 Å². The number of sulfonamides is 1. The van der Waals surface area contributed by atoms with E-state index in [2.05, 4.69) is 9.88 Å². The van der Waals surface area contributed by atoms with Gasteiger partial charge in [-0.3, -0.25) is 4.72 Å². The standard InChI is InChI=1S/C11H12N2O5S2/c1-8-7-11(12-18-8)13-20(16,17)10-5-3-9(4-6-10)19(2,14)15/h3-7H,1-2H3,(H,12,13). The molecule has 2 aromatic rings. The molecular formula is C11H12N2O5S2. The lowest BCUT2D eigenvalue weighted by molar-refractivity contribution is 0.400. The molecule has 1 heterocycles. The number of benzene rings is 1. The van der Waals surface area contributed by atoms with Crippen LogP contribution in [0.3, 0.4) is 0 Å². The Morgan fingerprint density at radius 1 is 1.05 bits per heavy atom. The van der Waals surface area contributed by atoms with Crippen LogP contribution < -0.4 is 4.72 Å². The van der Waals surface area contributed by atoms with Crippen LogP contribution in [0, 0.1) is 6.92 Å². The van der Waals surface area contributed by atoms with Gasteiger partial charge in [0.1, 0.15) is 5.76 Å². The van der Waals surface area contributed by atoms with Gasteiger partial charge in [0.25, 0.3) is 10.0 Å². The zero-order chi connectivity index (χ0) is 15.0. The number of nitrogens with zero attached hydrogens (tertiary/aromatic N) is 1. The summed E-state index contributed by atoms with van der Waals surface area (Å²) >= 11 is 0. The van der Waals surface area contributed by atoms with Gasteiger partial charge in [-0.25, -0.2) is 16.8 Å². The molecule has 0 saturated heterocycles. The maximum absolute atomic E-state index is 12.0. The molecule has 1 aromatic carbocycles. The van der Waals surface area contributed by atoms with Crippen molar-refractivity contribution in [2.45, 2.75) is 16.7 Å². The summed E-state index contributed by atoms with van der Waals surface area (Å²) in [6, 6.07) is 6.33. The summed E-state index contributed by atoms with van der Waals surface area (Å²) in [7, 11) is -7.19. The maximum atomic E-state index is 12.0. The van der Waals surface area contributed by atoms with Crippen LogP contribution in [0.4, 0.5) is 5.82 Å². The molecule has 0 aliphatic rings. The highest BCUT2D eigenvalue weighted by Gasteiger charge is 2.17. The Bertz CT molecular complexity index is 820. The summed E-state index contributed by atoms with van der Waals surface area (Å²) in [5, 5.41) is 3.52. The van der Waals surface area contributed by atoms with E-state index in [0.29, 0.717) is 5.76 Å². The van der Waals surface area contributed by atoms with E-state index in [4.69, 9.17) is 4.52 Å². The van der Waals surface area contributed by atoms with Crippen LogP contribution in [-0.2, 0) is 19.9 Å². The van der Waals surface area contributed by atoms with Gasteiger partial charge in [0.2, 0.25) is 0 Å². The molecule has 2 rings (SSSR count). The molecule has 1 N–H and O–H groups in total. The molecule has 0 amide bonds. The molecule has 0 aliphatic carbocycles. The van der Waals surface area contributed by atoms with E-state index in [1.807, 2.05) is 0 Å². The number of hydrogen-bond acceptors (Lipinski definition) is 6. The summed E-state index contributed by atoms with van der Waals surface area (Å²) in [6.45, 7) is 1.63. The fraction of sp³-hybridized carbons (Fsp3) is 0.182. The molecule has 108 valence electrons. The number of nitrogens with one attached hydrogen (secondary N) is 1. The third kappa shape index (κ3) is 3.17. The Morgan fingerprint density at radius 2 is 1.60 bits per heavy atom. The molecule has 1 aromatic heterocycles. The summed E-state index contributed by atoms with van der Waals surface area (Å²) in [5.41, 5.74) is 0. The van der Waals surface area contributed by atoms with Crippen molar-refractivity contribution in [3.8, 4) is 0 Å². The van der Waals surface area contributed by atoms with E-state index in [1.54, 1.807) is 6.92 Å². The molecule has 0 spiro atoms. The molecular weight excluding hydrogens is 304 g/mol. The SMILES string of the molecule is Cc1cc(NS(=O)(=O)c2ccc(S(C)(=O)=O)cc2)no1. The highest BCUT2D eigenvalue weighted by atomic mass is 32.2. The Hall–Kier alpha value is -1.87. The molecule has 0 atom stereocenters. The maximum Gasteiger partial charge on any atom is 0.263 e. The first-order valence-electron chi connectivity index (χ1n) is 5.45. The molecule has 0 saturated carbocycles. The Labute approximate surface area is 116 Å². The van der Waals surface area contributed by atoms with Gasteiger partial charge in [-0.05, 0) is 31.2 Å². The van der Waals surface area contributed by atoms with E-state index < -0.39 is 19.9 Å². The van der Waals surface area contributed by atoms with E-state index in [9.17, 15) is 16.8 Å². The number of anilines is 1. The average molecular weight is 316 g/mol. The van der Waals surface area contributed by atoms with Crippen molar-refractivity contribution >= 4 is 25.7 Å². The number of hydrogen-bond donors (Lipinski definition) is 1. The minimum absolute atomic E-state index is 0.0498. The Balaban J connectivity index is 2.30. The van der Waals surface area contributed by atoms with E-state index in [-0.39, 0.29) is 15.6 Å². The molecule has 0 bridgehead atoms. The normalized spacial score (nSPS) is 12.3. The predicted molar refractivity (Wildman–Crippen MR) is 71.6 cm³/mol. The molecule has 0 radical (unpaired) electrons. The van der Waals surface area contributed by atoms with Crippen LogP contribution in [0.5, 0.6) is 0 Å². The third-order valence-electron chi connectivity index (χ3n) is 2.43. The van der Waals surface area contributed by atoms with Crippen molar-refractivity contribution in [3.05, 3.63) is 36.1 Å². The van der Waals surface area contributed by atoms with Crippen molar-refractivity contribution in [2.24, 2.45) is 0 Å². The monoisotopic (exact) mass is 316 g/mol. The largest absolute Gasteiger partial charge is 0.360 e. The van der Waals surface area contributed by atoms with Gasteiger partial charge in [-0.2, -0.15) is 0 Å². The summed E-state index contributed by atoms with van der Waals surface area (Å²) in [6.07, 6.45) is 1.05. The predicted octanol–water partition coefficient (Wildman–Crippen LogP) is 1.19. The van der Waals surface area contributed by atoms with Gasteiger partial charge >= 0.3 is 0 Å². The lowest BCUT2D eigenvalue weighted by atomic mass is 10.4. The van der Waals surface area contributed by atoms with Crippen LogP contribution >= 0.6 is 0 Å². The smallest absolute Gasteiger partial charge is 0.263 e.